The van der Waals surface area contributed by atoms with Gasteiger partial charge in [0.25, 0.3) is 0 Å². The quantitative estimate of drug-likeness (QED) is 0.511. The molecule has 4 nitrogen and oxygen atoms in total. The summed E-state index contributed by atoms with van der Waals surface area (Å²) < 4.78 is 0. The van der Waals surface area contributed by atoms with Crippen LogP contribution in [0.2, 0.25) is 0 Å². The molecule has 2 bridgehead atoms. The molecule has 2 aliphatic carbocycles. The maximum absolute atomic E-state index is 12.6. The van der Waals surface area contributed by atoms with E-state index in [2.05, 4.69) is 31.0 Å². The number of hydrazone groups is 1. The minimum Gasteiger partial charge on any atom is -0.508 e. The molecule has 2 aliphatic rings. The van der Waals surface area contributed by atoms with E-state index in [1.807, 2.05) is 0 Å². The fourth-order valence-electron chi connectivity index (χ4n) is 3.97. The number of hydrogen-bond acceptors (Lipinski definition) is 3. The van der Waals surface area contributed by atoms with Crippen LogP contribution in [0.5, 0.6) is 5.75 Å². The molecule has 0 saturated heterocycles. The van der Waals surface area contributed by atoms with Crippen molar-refractivity contribution in [2.45, 2.75) is 33.1 Å². The van der Waals surface area contributed by atoms with E-state index in [1.54, 1.807) is 30.5 Å². The number of phenols is 1. The number of phenolic OH excluding ortho intramolecular Hbond substituents is 1. The van der Waals surface area contributed by atoms with Crippen molar-refractivity contribution >= 4 is 12.1 Å². The van der Waals surface area contributed by atoms with Crippen LogP contribution in [0.1, 0.15) is 38.7 Å². The van der Waals surface area contributed by atoms with Crippen LogP contribution in [0.3, 0.4) is 0 Å². The summed E-state index contributed by atoms with van der Waals surface area (Å²) in [5.41, 5.74) is 4.15. The molecule has 3 rings (SSSR count). The largest absolute Gasteiger partial charge is 0.508 e. The number of amides is 1. The number of nitrogens with zero attached hydrogens (tertiary/aromatic N) is 1. The van der Waals surface area contributed by atoms with Crippen LogP contribution in [0, 0.1) is 16.7 Å². The Morgan fingerprint density at radius 1 is 1.41 bits per heavy atom. The molecule has 2 fully saturated rings. The Kier molecular flexibility index (Phi) is 3.35. The summed E-state index contributed by atoms with van der Waals surface area (Å²) in [7, 11) is 0. The maximum atomic E-state index is 12.6. The Bertz CT molecular complexity index is 646. The molecule has 0 radical (unpaired) electrons. The Morgan fingerprint density at radius 2 is 2.09 bits per heavy atom. The summed E-state index contributed by atoms with van der Waals surface area (Å²) in [5.74, 6) is 0.717. The van der Waals surface area contributed by atoms with Crippen LogP contribution in [-0.4, -0.2) is 17.2 Å². The molecule has 0 aliphatic heterocycles. The summed E-state index contributed by atoms with van der Waals surface area (Å²) in [6.45, 7) is 8.60. The van der Waals surface area contributed by atoms with Crippen molar-refractivity contribution in [1.82, 2.24) is 5.43 Å². The predicted octanol–water partition coefficient (Wildman–Crippen LogP) is 3.22. The summed E-state index contributed by atoms with van der Waals surface area (Å²) in [6, 6.07) is 6.66. The van der Waals surface area contributed by atoms with Crippen LogP contribution in [-0.2, 0) is 4.79 Å². The Morgan fingerprint density at radius 3 is 2.68 bits per heavy atom. The molecule has 116 valence electrons. The number of carbonyl (C=O) groups excluding carboxylic acids is 1. The molecule has 0 spiro atoms. The number of carbonyl (C=O) groups is 1. The van der Waals surface area contributed by atoms with Crippen LogP contribution in [0.15, 0.2) is 41.5 Å². The molecule has 1 aromatic carbocycles. The minimum atomic E-state index is -0.444. The van der Waals surface area contributed by atoms with Crippen molar-refractivity contribution in [1.29, 1.82) is 0 Å². The minimum absolute atomic E-state index is 0.0380. The van der Waals surface area contributed by atoms with E-state index >= 15 is 0 Å². The molecule has 2 saturated carbocycles. The van der Waals surface area contributed by atoms with Gasteiger partial charge in [0.1, 0.15) is 5.75 Å². The number of aromatic hydroxyl groups is 1. The highest BCUT2D eigenvalue weighted by molar-refractivity contribution is 5.89. The third-order valence-electron chi connectivity index (χ3n) is 5.60. The van der Waals surface area contributed by atoms with Crippen LogP contribution in [0.25, 0.3) is 0 Å². The lowest BCUT2D eigenvalue weighted by Crippen LogP contribution is -2.39. The zero-order valence-corrected chi connectivity index (χ0v) is 13.1. The first-order valence-electron chi connectivity index (χ1n) is 7.69. The van der Waals surface area contributed by atoms with Gasteiger partial charge in [-0.15, -0.1) is 0 Å². The second-order valence-corrected chi connectivity index (χ2v) is 7.01. The average molecular weight is 298 g/mol. The normalized spacial score (nSPS) is 29.2. The van der Waals surface area contributed by atoms with Crippen molar-refractivity contribution in [3.63, 3.8) is 0 Å². The fraction of sp³-hybridized carbons (Fsp3) is 0.444. The molecule has 2 unspecified atom stereocenters. The molecule has 2 atom stereocenters. The number of nitrogens with one attached hydrogen (secondary N) is 1. The predicted molar refractivity (Wildman–Crippen MR) is 86.5 cm³/mol. The van der Waals surface area contributed by atoms with Crippen molar-refractivity contribution < 1.29 is 9.90 Å². The van der Waals surface area contributed by atoms with E-state index in [0.29, 0.717) is 5.92 Å². The van der Waals surface area contributed by atoms with E-state index < -0.39 is 5.41 Å². The second-order valence-electron chi connectivity index (χ2n) is 7.01. The molecule has 0 heterocycles. The van der Waals surface area contributed by atoms with Gasteiger partial charge >= 0.3 is 0 Å². The molecular formula is C18H22N2O2. The lowest BCUT2D eigenvalue weighted by Gasteiger charge is -2.36. The van der Waals surface area contributed by atoms with Crippen molar-refractivity contribution in [2.24, 2.45) is 21.8 Å². The van der Waals surface area contributed by atoms with E-state index in [-0.39, 0.29) is 17.1 Å². The smallest absolute Gasteiger partial charge is 0.250 e. The fourth-order valence-corrected chi connectivity index (χ4v) is 3.97. The standard InChI is InChI=1S/C18H22N2O2/c1-12-17(2,3)14-8-9-18(12,10-14)16(22)20-19-11-13-4-6-15(21)7-5-13/h4-7,11,14,21H,1,8-10H2,2-3H3,(H,20,22)/b19-11+. The molecule has 0 aromatic heterocycles. The Balaban J connectivity index is 1.70. The molecular weight excluding hydrogens is 276 g/mol. The van der Waals surface area contributed by atoms with E-state index in [4.69, 9.17) is 0 Å². The highest BCUT2D eigenvalue weighted by Gasteiger charge is 2.60. The summed E-state index contributed by atoms with van der Waals surface area (Å²) in [6.07, 6.45) is 4.43. The molecule has 2 N–H and O–H groups in total. The second kappa shape index (κ2) is 4.97. The monoisotopic (exact) mass is 298 g/mol. The topological polar surface area (TPSA) is 61.7 Å². The molecule has 1 amide bonds. The molecule has 4 heteroatoms. The van der Waals surface area contributed by atoms with Gasteiger partial charge in [-0.3, -0.25) is 4.79 Å². The van der Waals surface area contributed by atoms with Gasteiger partial charge in [0.2, 0.25) is 5.91 Å². The van der Waals surface area contributed by atoms with E-state index in [1.165, 1.54) is 0 Å². The van der Waals surface area contributed by atoms with Crippen LogP contribution >= 0.6 is 0 Å². The number of fused-ring (bicyclic) bond motifs is 2. The van der Waals surface area contributed by atoms with Gasteiger partial charge in [-0.05, 0) is 60.4 Å². The maximum Gasteiger partial charge on any atom is 0.250 e. The number of hydrogen-bond donors (Lipinski definition) is 2. The van der Waals surface area contributed by atoms with Crippen molar-refractivity contribution in [3.8, 4) is 5.75 Å². The number of benzene rings is 1. The Hall–Kier alpha value is -2.10. The first-order chi connectivity index (χ1) is 10.4. The van der Waals surface area contributed by atoms with Gasteiger partial charge < -0.3 is 5.11 Å². The Labute approximate surface area is 130 Å². The lowest BCUT2D eigenvalue weighted by atomic mass is 9.68. The highest BCUT2D eigenvalue weighted by atomic mass is 16.3. The SMILES string of the molecule is C=C1C2(C(=O)N/N=C/c3ccc(O)cc3)CCC(C2)C1(C)C. The van der Waals surface area contributed by atoms with E-state index in [0.717, 1.165) is 30.4 Å². The van der Waals surface area contributed by atoms with Crippen LogP contribution in [0.4, 0.5) is 0 Å². The van der Waals surface area contributed by atoms with Crippen molar-refractivity contribution in [3.05, 3.63) is 42.0 Å². The van der Waals surface area contributed by atoms with E-state index in [9.17, 15) is 9.90 Å². The summed E-state index contributed by atoms with van der Waals surface area (Å²) >= 11 is 0. The zero-order chi connectivity index (χ0) is 16.0. The van der Waals surface area contributed by atoms with Crippen molar-refractivity contribution in [2.75, 3.05) is 0 Å². The number of rotatable bonds is 3. The lowest BCUT2D eigenvalue weighted by molar-refractivity contribution is -0.128. The van der Waals surface area contributed by atoms with Gasteiger partial charge in [-0.1, -0.05) is 26.0 Å². The van der Waals surface area contributed by atoms with Crippen LogP contribution < -0.4 is 5.43 Å². The molecule has 1 aromatic rings. The third kappa shape index (κ3) is 2.14. The first kappa shape index (κ1) is 14.8. The first-order valence-corrected chi connectivity index (χ1v) is 7.69. The highest BCUT2D eigenvalue weighted by Crippen LogP contribution is 2.65. The van der Waals surface area contributed by atoms with Gasteiger partial charge in [0, 0.05) is 0 Å². The van der Waals surface area contributed by atoms with Gasteiger partial charge in [-0.25, -0.2) is 5.43 Å². The summed E-state index contributed by atoms with van der Waals surface area (Å²) in [5, 5.41) is 13.3. The average Bonchev–Trinajstić information content (AvgIpc) is 3.01. The molecule has 22 heavy (non-hydrogen) atoms. The third-order valence-corrected chi connectivity index (χ3v) is 5.60. The van der Waals surface area contributed by atoms with Gasteiger partial charge in [-0.2, -0.15) is 5.10 Å². The zero-order valence-electron chi connectivity index (χ0n) is 13.1. The summed E-state index contributed by atoms with van der Waals surface area (Å²) in [4.78, 5) is 12.6. The van der Waals surface area contributed by atoms with Gasteiger partial charge in [0.05, 0.1) is 11.6 Å². The van der Waals surface area contributed by atoms with Gasteiger partial charge in [0.15, 0.2) is 0 Å².